The third-order valence-electron chi connectivity index (χ3n) is 2.13. The lowest BCUT2D eigenvalue weighted by Gasteiger charge is -2.00. The Balaban J connectivity index is 2.64. The molecular formula is C10H11N3O. The van der Waals surface area contributed by atoms with E-state index in [2.05, 4.69) is 10.4 Å². The van der Waals surface area contributed by atoms with E-state index in [1.54, 1.807) is 13.2 Å². The second kappa shape index (κ2) is 3.14. The maximum atomic E-state index is 11.4. The first-order chi connectivity index (χ1) is 6.72. The van der Waals surface area contributed by atoms with Crippen LogP contribution in [0.15, 0.2) is 24.4 Å². The molecule has 0 radical (unpaired) electrons. The molecule has 0 spiro atoms. The first-order valence-corrected chi connectivity index (χ1v) is 4.39. The molecule has 0 saturated carbocycles. The van der Waals surface area contributed by atoms with E-state index in [0.29, 0.717) is 0 Å². The lowest BCUT2D eigenvalue weighted by molar-refractivity contribution is 0.242. The van der Waals surface area contributed by atoms with Gasteiger partial charge in [0.05, 0.1) is 11.7 Å². The number of aromatic nitrogens is 2. The number of fused-ring (bicyclic) bond motifs is 1. The summed E-state index contributed by atoms with van der Waals surface area (Å²) in [7, 11) is 1.59. The highest BCUT2D eigenvalue weighted by atomic mass is 16.2. The van der Waals surface area contributed by atoms with Crippen molar-refractivity contribution in [3.63, 3.8) is 0 Å². The van der Waals surface area contributed by atoms with E-state index in [9.17, 15) is 4.79 Å². The molecule has 0 fully saturated rings. The minimum Gasteiger partial charge on any atom is -0.339 e. The number of benzene rings is 1. The van der Waals surface area contributed by atoms with Gasteiger partial charge in [0, 0.05) is 12.4 Å². The van der Waals surface area contributed by atoms with Crippen LogP contribution in [0.5, 0.6) is 0 Å². The zero-order valence-corrected chi connectivity index (χ0v) is 8.11. The zero-order valence-electron chi connectivity index (χ0n) is 8.11. The average Bonchev–Trinajstić information content (AvgIpc) is 2.59. The van der Waals surface area contributed by atoms with E-state index < -0.39 is 0 Å². The number of hydrogen-bond donors (Lipinski definition) is 1. The fourth-order valence-electron chi connectivity index (χ4n) is 1.42. The average molecular weight is 189 g/mol. The summed E-state index contributed by atoms with van der Waals surface area (Å²) >= 11 is 0. The largest absolute Gasteiger partial charge is 0.342 e. The summed E-state index contributed by atoms with van der Waals surface area (Å²) in [5, 5.41) is 7.53. The Bertz CT molecular complexity index is 487. The van der Waals surface area contributed by atoms with Gasteiger partial charge in [-0.2, -0.15) is 9.78 Å². The summed E-state index contributed by atoms with van der Waals surface area (Å²) in [6, 6.07) is 5.64. The van der Waals surface area contributed by atoms with Crippen molar-refractivity contribution in [1.29, 1.82) is 0 Å². The predicted molar refractivity (Wildman–Crippen MR) is 54.3 cm³/mol. The molecule has 2 rings (SSSR count). The fraction of sp³-hybridized carbons (Fsp3) is 0.200. The SMILES string of the molecule is CNC(=O)n1ncc2cc(C)ccc21. The molecule has 1 aromatic carbocycles. The van der Waals surface area contributed by atoms with Gasteiger partial charge >= 0.3 is 6.03 Å². The molecule has 1 N–H and O–H groups in total. The van der Waals surface area contributed by atoms with Crippen molar-refractivity contribution in [1.82, 2.24) is 15.1 Å². The second-order valence-electron chi connectivity index (χ2n) is 3.17. The Hall–Kier alpha value is -1.84. The van der Waals surface area contributed by atoms with E-state index in [-0.39, 0.29) is 6.03 Å². The third-order valence-corrected chi connectivity index (χ3v) is 2.13. The van der Waals surface area contributed by atoms with Crippen LogP contribution < -0.4 is 5.32 Å². The molecule has 0 saturated heterocycles. The maximum Gasteiger partial charge on any atom is 0.342 e. The Kier molecular flexibility index (Phi) is 1.96. The molecule has 0 atom stereocenters. The van der Waals surface area contributed by atoms with Gasteiger partial charge in [-0.05, 0) is 19.1 Å². The highest BCUT2D eigenvalue weighted by Gasteiger charge is 2.07. The van der Waals surface area contributed by atoms with Crippen LogP contribution in [0.1, 0.15) is 5.56 Å². The zero-order chi connectivity index (χ0) is 10.1. The van der Waals surface area contributed by atoms with E-state index in [0.717, 1.165) is 16.5 Å². The molecule has 1 amide bonds. The van der Waals surface area contributed by atoms with Gasteiger partial charge in [0.15, 0.2) is 0 Å². The molecule has 14 heavy (non-hydrogen) atoms. The van der Waals surface area contributed by atoms with Crippen LogP contribution in [0.4, 0.5) is 4.79 Å². The number of aryl methyl sites for hydroxylation is 1. The number of nitrogens with zero attached hydrogens (tertiary/aromatic N) is 2. The van der Waals surface area contributed by atoms with Gasteiger partial charge in [-0.25, -0.2) is 4.79 Å². The predicted octanol–water partition coefficient (Wildman–Crippen LogP) is 1.53. The molecular weight excluding hydrogens is 178 g/mol. The molecule has 1 heterocycles. The summed E-state index contributed by atoms with van der Waals surface area (Å²) in [5.41, 5.74) is 1.99. The van der Waals surface area contributed by atoms with Crippen LogP contribution in [0.2, 0.25) is 0 Å². The van der Waals surface area contributed by atoms with Crippen molar-refractivity contribution in [3.05, 3.63) is 30.0 Å². The van der Waals surface area contributed by atoms with Gasteiger partial charge in [0.25, 0.3) is 0 Å². The number of rotatable bonds is 0. The summed E-state index contributed by atoms with van der Waals surface area (Å²) in [4.78, 5) is 11.4. The van der Waals surface area contributed by atoms with Crippen LogP contribution in [0.25, 0.3) is 10.9 Å². The minimum atomic E-state index is -0.219. The number of carbonyl (C=O) groups is 1. The van der Waals surface area contributed by atoms with Crippen LogP contribution in [0.3, 0.4) is 0 Å². The highest BCUT2D eigenvalue weighted by Crippen LogP contribution is 2.14. The molecule has 72 valence electrons. The van der Waals surface area contributed by atoms with E-state index in [4.69, 9.17) is 0 Å². The molecule has 2 aromatic rings. The smallest absolute Gasteiger partial charge is 0.339 e. The highest BCUT2D eigenvalue weighted by molar-refractivity contribution is 5.89. The Morgan fingerprint density at radius 1 is 1.50 bits per heavy atom. The van der Waals surface area contributed by atoms with Gasteiger partial charge in [0.2, 0.25) is 0 Å². The van der Waals surface area contributed by atoms with Gasteiger partial charge in [0.1, 0.15) is 0 Å². The summed E-state index contributed by atoms with van der Waals surface area (Å²) < 4.78 is 1.36. The van der Waals surface area contributed by atoms with Crippen LogP contribution in [-0.4, -0.2) is 22.9 Å². The van der Waals surface area contributed by atoms with Gasteiger partial charge in [-0.1, -0.05) is 11.6 Å². The topological polar surface area (TPSA) is 46.9 Å². The van der Waals surface area contributed by atoms with Crippen molar-refractivity contribution in [2.24, 2.45) is 0 Å². The fourth-order valence-corrected chi connectivity index (χ4v) is 1.42. The quantitative estimate of drug-likeness (QED) is 0.683. The molecule has 0 unspecified atom stereocenters. The lowest BCUT2D eigenvalue weighted by Crippen LogP contribution is -2.25. The standard InChI is InChI=1S/C10H11N3O/c1-7-3-4-9-8(5-7)6-12-13(9)10(14)11-2/h3-6H,1-2H3,(H,11,14). The van der Waals surface area contributed by atoms with Crippen molar-refractivity contribution in [2.45, 2.75) is 6.92 Å². The van der Waals surface area contributed by atoms with Crippen molar-refractivity contribution < 1.29 is 4.79 Å². The maximum absolute atomic E-state index is 11.4. The van der Waals surface area contributed by atoms with Crippen molar-refractivity contribution >= 4 is 16.9 Å². The first-order valence-electron chi connectivity index (χ1n) is 4.39. The molecule has 0 bridgehead atoms. The van der Waals surface area contributed by atoms with Crippen molar-refractivity contribution in [3.8, 4) is 0 Å². The van der Waals surface area contributed by atoms with Gasteiger partial charge in [-0.15, -0.1) is 0 Å². The summed E-state index contributed by atoms with van der Waals surface area (Å²) in [6.07, 6.45) is 1.69. The molecule has 0 aliphatic heterocycles. The number of amides is 1. The van der Waals surface area contributed by atoms with Gasteiger partial charge < -0.3 is 5.32 Å². The number of nitrogens with one attached hydrogen (secondary N) is 1. The minimum absolute atomic E-state index is 0.219. The van der Waals surface area contributed by atoms with Crippen LogP contribution >= 0.6 is 0 Å². The van der Waals surface area contributed by atoms with Crippen LogP contribution in [0, 0.1) is 6.92 Å². The normalized spacial score (nSPS) is 10.4. The van der Waals surface area contributed by atoms with Crippen molar-refractivity contribution in [2.75, 3.05) is 7.05 Å². The van der Waals surface area contributed by atoms with E-state index >= 15 is 0 Å². The molecule has 0 aliphatic carbocycles. The third kappa shape index (κ3) is 1.25. The number of hydrogen-bond acceptors (Lipinski definition) is 2. The molecule has 1 aromatic heterocycles. The Morgan fingerprint density at radius 3 is 3.00 bits per heavy atom. The summed E-state index contributed by atoms with van der Waals surface area (Å²) in [5.74, 6) is 0. The Morgan fingerprint density at radius 2 is 2.29 bits per heavy atom. The first kappa shape index (κ1) is 8.74. The molecule has 4 heteroatoms. The molecule has 0 aliphatic rings. The number of carbonyl (C=O) groups excluding carboxylic acids is 1. The monoisotopic (exact) mass is 189 g/mol. The Labute approximate surface area is 81.5 Å². The second-order valence-corrected chi connectivity index (χ2v) is 3.17. The van der Waals surface area contributed by atoms with E-state index in [1.807, 2.05) is 25.1 Å². The van der Waals surface area contributed by atoms with Crippen LogP contribution in [-0.2, 0) is 0 Å². The van der Waals surface area contributed by atoms with Gasteiger partial charge in [-0.3, -0.25) is 0 Å². The van der Waals surface area contributed by atoms with E-state index in [1.165, 1.54) is 4.68 Å². The molecule has 4 nitrogen and oxygen atoms in total. The summed E-state index contributed by atoms with van der Waals surface area (Å²) in [6.45, 7) is 2.01. The lowest BCUT2D eigenvalue weighted by atomic mass is 10.2.